The van der Waals surface area contributed by atoms with Crippen LogP contribution < -0.4 is 30.3 Å². The third-order valence-corrected chi connectivity index (χ3v) is 7.82. The summed E-state index contributed by atoms with van der Waals surface area (Å²) in [6.07, 6.45) is 1.64. The van der Waals surface area contributed by atoms with Crippen molar-refractivity contribution in [3.05, 3.63) is 114 Å². The van der Waals surface area contributed by atoms with Crippen LogP contribution in [0.1, 0.15) is 22.8 Å². The van der Waals surface area contributed by atoms with Crippen LogP contribution in [-0.4, -0.2) is 51.3 Å². The van der Waals surface area contributed by atoms with Crippen LogP contribution >= 0.6 is 11.8 Å². The Labute approximate surface area is 267 Å². The summed E-state index contributed by atoms with van der Waals surface area (Å²) in [4.78, 5) is 42.1. The minimum absolute atomic E-state index is 0.0964. The number of methoxy groups -OCH3 is 2. The van der Waals surface area contributed by atoms with Gasteiger partial charge in [-0.1, -0.05) is 30.3 Å². The highest BCUT2D eigenvalue weighted by atomic mass is 32.2. The van der Waals surface area contributed by atoms with Crippen LogP contribution in [0.3, 0.4) is 0 Å². The summed E-state index contributed by atoms with van der Waals surface area (Å²) in [5.41, 5.74) is 3.38. The SMILES string of the molecule is COc1ccc(NC(=O)C(C)Sc2ccc(NC(=O)/C(=C/c3ccc(N(C)C)cc3)NC(=O)c3ccccc3)cc2)c(OC)c1. The standard InChI is InChI=1S/C35H36N4O5S/c1-23(33(40)37-30-20-17-28(43-4)22-32(30)44-5)45-29-18-13-26(14-19-29)36-35(42)31(38-34(41)25-9-7-6-8-10-25)21-24-11-15-27(16-12-24)39(2)3/h6-23H,1-5H3,(H,36,42)(H,37,40)(H,38,41)/b31-21-. The number of ether oxygens (including phenoxy) is 2. The number of nitrogens with zero attached hydrogens (tertiary/aromatic N) is 1. The van der Waals surface area contributed by atoms with Gasteiger partial charge < -0.3 is 30.3 Å². The highest BCUT2D eigenvalue weighted by Crippen LogP contribution is 2.31. The van der Waals surface area contributed by atoms with Crippen molar-refractivity contribution < 1.29 is 23.9 Å². The fraction of sp³-hybridized carbons (Fsp3) is 0.171. The van der Waals surface area contributed by atoms with Gasteiger partial charge in [0.1, 0.15) is 17.2 Å². The maximum absolute atomic E-state index is 13.4. The second-order valence-corrected chi connectivity index (χ2v) is 11.6. The van der Waals surface area contributed by atoms with Crippen LogP contribution in [0.25, 0.3) is 6.08 Å². The first-order valence-corrected chi connectivity index (χ1v) is 15.0. The maximum Gasteiger partial charge on any atom is 0.272 e. The highest BCUT2D eigenvalue weighted by molar-refractivity contribution is 8.00. The van der Waals surface area contributed by atoms with Crippen LogP contribution in [-0.2, 0) is 9.59 Å². The van der Waals surface area contributed by atoms with Crippen molar-refractivity contribution in [3.63, 3.8) is 0 Å². The molecule has 0 heterocycles. The van der Waals surface area contributed by atoms with Gasteiger partial charge in [0.05, 0.1) is 25.2 Å². The summed E-state index contributed by atoms with van der Waals surface area (Å²) >= 11 is 1.37. The number of carbonyl (C=O) groups excluding carboxylic acids is 3. The number of carbonyl (C=O) groups is 3. The summed E-state index contributed by atoms with van der Waals surface area (Å²) < 4.78 is 10.6. The molecule has 0 spiro atoms. The first-order valence-electron chi connectivity index (χ1n) is 14.1. The third kappa shape index (κ3) is 9.14. The average Bonchev–Trinajstić information content (AvgIpc) is 3.06. The molecule has 232 valence electrons. The van der Waals surface area contributed by atoms with Gasteiger partial charge in [0.25, 0.3) is 11.8 Å². The lowest BCUT2D eigenvalue weighted by molar-refractivity contribution is -0.115. The molecule has 4 aromatic carbocycles. The maximum atomic E-state index is 13.4. The average molecular weight is 625 g/mol. The Balaban J connectivity index is 1.44. The molecule has 4 rings (SSSR count). The Morgan fingerprint density at radius 3 is 2.13 bits per heavy atom. The molecule has 0 aliphatic heterocycles. The molecule has 0 aliphatic rings. The van der Waals surface area contributed by atoms with Crippen LogP contribution in [0.2, 0.25) is 0 Å². The zero-order valence-electron chi connectivity index (χ0n) is 25.8. The van der Waals surface area contributed by atoms with E-state index in [1.807, 2.05) is 68.4 Å². The van der Waals surface area contributed by atoms with Gasteiger partial charge in [-0.15, -0.1) is 11.8 Å². The van der Waals surface area contributed by atoms with Gasteiger partial charge in [-0.3, -0.25) is 14.4 Å². The number of amides is 3. The smallest absolute Gasteiger partial charge is 0.272 e. The van der Waals surface area contributed by atoms with E-state index in [4.69, 9.17) is 9.47 Å². The highest BCUT2D eigenvalue weighted by Gasteiger charge is 2.18. The summed E-state index contributed by atoms with van der Waals surface area (Å²) in [6, 6.07) is 28.7. The van der Waals surface area contributed by atoms with Gasteiger partial charge in [0.2, 0.25) is 5.91 Å². The molecule has 0 aromatic heterocycles. The molecule has 0 aliphatic carbocycles. The molecule has 0 bridgehead atoms. The third-order valence-electron chi connectivity index (χ3n) is 6.71. The molecule has 0 fully saturated rings. The largest absolute Gasteiger partial charge is 0.497 e. The number of thioether (sulfide) groups is 1. The predicted molar refractivity (Wildman–Crippen MR) is 181 cm³/mol. The van der Waals surface area contributed by atoms with E-state index in [-0.39, 0.29) is 11.6 Å². The molecule has 1 unspecified atom stereocenters. The molecular formula is C35H36N4O5S. The molecule has 45 heavy (non-hydrogen) atoms. The van der Waals surface area contributed by atoms with Crippen molar-refractivity contribution in [1.82, 2.24) is 5.32 Å². The van der Waals surface area contributed by atoms with Crippen molar-refractivity contribution >= 4 is 52.6 Å². The van der Waals surface area contributed by atoms with E-state index >= 15 is 0 Å². The first-order chi connectivity index (χ1) is 21.7. The van der Waals surface area contributed by atoms with Crippen LogP contribution in [0.15, 0.2) is 108 Å². The van der Waals surface area contributed by atoms with Gasteiger partial charge in [-0.2, -0.15) is 0 Å². The predicted octanol–water partition coefficient (Wildman–Crippen LogP) is 6.30. The Morgan fingerprint density at radius 1 is 0.822 bits per heavy atom. The summed E-state index contributed by atoms with van der Waals surface area (Å²) in [6.45, 7) is 1.81. The molecule has 0 saturated carbocycles. The summed E-state index contributed by atoms with van der Waals surface area (Å²) in [5.74, 6) is 0.0624. The van der Waals surface area contributed by atoms with E-state index in [1.54, 1.807) is 67.8 Å². The normalized spacial score (nSPS) is 11.6. The Bertz CT molecular complexity index is 1660. The number of benzene rings is 4. The number of hydrogen-bond donors (Lipinski definition) is 3. The monoisotopic (exact) mass is 624 g/mol. The zero-order chi connectivity index (χ0) is 32.3. The van der Waals surface area contributed by atoms with Crippen LogP contribution in [0.5, 0.6) is 11.5 Å². The van der Waals surface area contributed by atoms with E-state index in [2.05, 4.69) is 16.0 Å². The fourth-order valence-corrected chi connectivity index (χ4v) is 5.05. The number of anilines is 3. The molecular weight excluding hydrogens is 588 g/mol. The second kappa shape index (κ2) is 15.5. The van der Waals surface area contributed by atoms with Crippen molar-refractivity contribution in [2.75, 3.05) is 43.8 Å². The lowest BCUT2D eigenvalue weighted by atomic mass is 10.1. The van der Waals surface area contributed by atoms with E-state index in [0.29, 0.717) is 28.4 Å². The Hall–Kier alpha value is -5.22. The minimum atomic E-state index is -0.474. The minimum Gasteiger partial charge on any atom is -0.497 e. The van der Waals surface area contributed by atoms with Crippen molar-refractivity contribution in [3.8, 4) is 11.5 Å². The van der Waals surface area contributed by atoms with Gasteiger partial charge in [0, 0.05) is 42.0 Å². The molecule has 1 atom stereocenters. The van der Waals surface area contributed by atoms with Gasteiger partial charge in [-0.25, -0.2) is 0 Å². The van der Waals surface area contributed by atoms with Crippen molar-refractivity contribution in [2.24, 2.45) is 0 Å². The quantitative estimate of drug-likeness (QED) is 0.125. The molecule has 4 aromatic rings. The lowest BCUT2D eigenvalue weighted by Crippen LogP contribution is -2.30. The summed E-state index contributed by atoms with van der Waals surface area (Å²) in [7, 11) is 6.99. The number of rotatable bonds is 12. The van der Waals surface area contributed by atoms with Gasteiger partial charge in [0.15, 0.2) is 0 Å². The topological polar surface area (TPSA) is 109 Å². The van der Waals surface area contributed by atoms with E-state index in [1.165, 1.54) is 18.9 Å². The van der Waals surface area contributed by atoms with E-state index in [0.717, 1.165) is 16.1 Å². The number of nitrogens with one attached hydrogen (secondary N) is 3. The Kier molecular flexibility index (Phi) is 11.3. The fourth-order valence-electron chi connectivity index (χ4n) is 4.19. The lowest BCUT2D eigenvalue weighted by Gasteiger charge is -2.15. The summed E-state index contributed by atoms with van der Waals surface area (Å²) in [5, 5.41) is 8.10. The van der Waals surface area contributed by atoms with Crippen molar-refractivity contribution in [2.45, 2.75) is 17.1 Å². The first kappa shape index (κ1) is 32.7. The van der Waals surface area contributed by atoms with Gasteiger partial charge >= 0.3 is 0 Å². The molecule has 10 heteroatoms. The number of hydrogen-bond acceptors (Lipinski definition) is 7. The van der Waals surface area contributed by atoms with E-state index < -0.39 is 17.1 Å². The molecule has 9 nitrogen and oxygen atoms in total. The second-order valence-electron chi connectivity index (χ2n) is 10.2. The van der Waals surface area contributed by atoms with Gasteiger partial charge in [-0.05, 0) is 79.2 Å². The Morgan fingerprint density at radius 2 is 1.51 bits per heavy atom. The van der Waals surface area contributed by atoms with Crippen LogP contribution in [0, 0.1) is 0 Å². The van der Waals surface area contributed by atoms with Crippen LogP contribution in [0.4, 0.5) is 17.1 Å². The molecule has 3 N–H and O–H groups in total. The van der Waals surface area contributed by atoms with Crippen molar-refractivity contribution in [1.29, 1.82) is 0 Å². The zero-order valence-corrected chi connectivity index (χ0v) is 26.6. The molecule has 0 radical (unpaired) electrons. The van der Waals surface area contributed by atoms with E-state index in [9.17, 15) is 14.4 Å². The molecule has 0 saturated heterocycles. The molecule has 3 amide bonds.